The summed E-state index contributed by atoms with van der Waals surface area (Å²) in [5.74, 6) is 0.309. The first-order chi connectivity index (χ1) is 11.2. The molecule has 2 aromatic carbocycles. The number of aryl methyl sites for hydroxylation is 1. The molecule has 0 aliphatic rings. The van der Waals surface area contributed by atoms with E-state index in [9.17, 15) is 4.79 Å². The SMILES string of the molecule is Cc1ccc(NC(=O)CSc2ccccc2)cc1-n1cnnn1. The Hall–Kier alpha value is -2.67. The number of nitrogens with zero attached hydrogens (tertiary/aromatic N) is 4. The van der Waals surface area contributed by atoms with Crippen LogP contribution in [-0.4, -0.2) is 31.9 Å². The standard InChI is InChI=1S/C16H15N5OS/c1-12-7-8-13(9-15(12)21-11-17-19-20-21)18-16(22)10-23-14-5-3-2-4-6-14/h2-9,11H,10H2,1H3,(H,18,22). The first kappa shape index (κ1) is 15.2. The lowest BCUT2D eigenvalue weighted by atomic mass is 10.2. The number of amides is 1. The molecule has 0 spiro atoms. The molecule has 23 heavy (non-hydrogen) atoms. The van der Waals surface area contributed by atoms with E-state index < -0.39 is 0 Å². The molecule has 1 aromatic heterocycles. The van der Waals surface area contributed by atoms with Crippen molar-refractivity contribution in [3.8, 4) is 5.69 Å². The van der Waals surface area contributed by atoms with Crippen LogP contribution >= 0.6 is 11.8 Å². The number of anilines is 1. The van der Waals surface area contributed by atoms with Crippen LogP contribution < -0.4 is 5.32 Å². The molecule has 0 aliphatic carbocycles. The minimum absolute atomic E-state index is 0.0506. The number of hydrogen-bond acceptors (Lipinski definition) is 5. The van der Waals surface area contributed by atoms with Crippen molar-refractivity contribution in [3.63, 3.8) is 0 Å². The Bertz CT molecular complexity index is 789. The fourth-order valence-corrected chi connectivity index (χ4v) is 2.79. The van der Waals surface area contributed by atoms with E-state index in [0.717, 1.165) is 21.8 Å². The number of benzene rings is 2. The summed E-state index contributed by atoms with van der Waals surface area (Å²) in [4.78, 5) is 13.2. The van der Waals surface area contributed by atoms with E-state index in [2.05, 4.69) is 20.8 Å². The Kier molecular flexibility index (Phi) is 4.68. The third kappa shape index (κ3) is 3.95. The van der Waals surface area contributed by atoms with Gasteiger partial charge >= 0.3 is 0 Å². The minimum atomic E-state index is -0.0506. The number of carbonyl (C=O) groups excluding carboxylic acids is 1. The van der Waals surface area contributed by atoms with Crippen molar-refractivity contribution in [2.45, 2.75) is 11.8 Å². The van der Waals surface area contributed by atoms with Crippen molar-refractivity contribution in [2.75, 3.05) is 11.1 Å². The lowest BCUT2D eigenvalue weighted by Crippen LogP contribution is -2.14. The quantitative estimate of drug-likeness (QED) is 0.730. The molecule has 116 valence electrons. The van der Waals surface area contributed by atoms with Crippen molar-refractivity contribution < 1.29 is 4.79 Å². The van der Waals surface area contributed by atoms with Gasteiger partial charge in [-0.25, -0.2) is 4.68 Å². The third-order valence-electron chi connectivity index (χ3n) is 3.20. The van der Waals surface area contributed by atoms with Crippen LogP contribution in [0.15, 0.2) is 59.8 Å². The maximum Gasteiger partial charge on any atom is 0.234 e. The molecule has 6 nitrogen and oxygen atoms in total. The molecule has 0 bridgehead atoms. The molecule has 0 fully saturated rings. The van der Waals surface area contributed by atoms with Gasteiger partial charge in [0.25, 0.3) is 0 Å². The van der Waals surface area contributed by atoms with Crippen LogP contribution in [0.5, 0.6) is 0 Å². The first-order valence-corrected chi connectivity index (χ1v) is 8.02. The highest BCUT2D eigenvalue weighted by Crippen LogP contribution is 2.20. The zero-order chi connectivity index (χ0) is 16.1. The van der Waals surface area contributed by atoms with Gasteiger partial charge in [-0.1, -0.05) is 24.3 Å². The highest BCUT2D eigenvalue weighted by Gasteiger charge is 2.07. The Morgan fingerprint density at radius 2 is 2.04 bits per heavy atom. The zero-order valence-corrected chi connectivity index (χ0v) is 13.3. The van der Waals surface area contributed by atoms with Gasteiger partial charge in [-0.15, -0.1) is 16.9 Å². The van der Waals surface area contributed by atoms with Crippen molar-refractivity contribution in [2.24, 2.45) is 0 Å². The lowest BCUT2D eigenvalue weighted by Gasteiger charge is -2.09. The summed E-state index contributed by atoms with van der Waals surface area (Å²) in [5, 5.41) is 14.1. The van der Waals surface area contributed by atoms with Gasteiger partial charge in [0.15, 0.2) is 0 Å². The van der Waals surface area contributed by atoms with Crippen LogP contribution in [-0.2, 0) is 4.79 Å². The molecular weight excluding hydrogens is 310 g/mol. The molecule has 1 amide bonds. The summed E-state index contributed by atoms with van der Waals surface area (Å²) in [6.07, 6.45) is 1.53. The van der Waals surface area contributed by atoms with Crippen LogP contribution in [0.2, 0.25) is 0 Å². The second kappa shape index (κ2) is 7.06. The second-order valence-corrected chi connectivity index (χ2v) is 5.95. The monoisotopic (exact) mass is 325 g/mol. The van der Waals surface area contributed by atoms with Gasteiger partial charge in [-0.05, 0) is 47.2 Å². The number of tetrazole rings is 1. The number of aromatic nitrogens is 4. The molecule has 0 radical (unpaired) electrons. The molecule has 1 N–H and O–H groups in total. The predicted octanol–water partition coefficient (Wildman–Crippen LogP) is 2.70. The summed E-state index contributed by atoms with van der Waals surface area (Å²) in [6, 6.07) is 15.5. The van der Waals surface area contributed by atoms with Gasteiger partial charge in [-0.3, -0.25) is 4.79 Å². The van der Waals surface area contributed by atoms with E-state index in [0.29, 0.717) is 5.75 Å². The molecule has 1 heterocycles. The maximum atomic E-state index is 12.1. The molecule has 3 aromatic rings. The van der Waals surface area contributed by atoms with Crippen LogP contribution in [0.1, 0.15) is 5.56 Å². The molecule has 3 rings (SSSR count). The number of thioether (sulfide) groups is 1. The Labute approximate surface area is 137 Å². The van der Waals surface area contributed by atoms with E-state index in [4.69, 9.17) is 0 Å². The largest absolute Gasteiger partial charge is 0.325 e. The number of hydrogen-bond donors (Lipinski definition) is 1. The van der Waals surface area contributed by atoms with Crippen molar-refractivity contribution >= 4 is 23.4 Å². The van der Waals surface area contributed by atoms with E-state index >= 15 is 0 Å². The first-order valence-electron chi connectivity index (χ1n) is 7.04. The van der Waals surface area contributed by atoms with Crippen LogP contribution in [0.25, 0.3) is 5.69 Å². The Balaban J connectivity index is 1.66. The van der Waals surface area contributed by atoms with E-state index in [1.165, 1.54) is 18.1 Å². The van der Waals surface area contributed by atoms with Gasteiger partial charge in [0.1, 0.15) is 6.33 Å². The average molecular weight is 325 g/mol. The van der Waals surface area contributed by atoms with Gasteiger partial charge in [0.05, 0.1) is 11.4 Å². The second-order valence-electron chi connectivity index (χ2n) is 4.91. The topological polar surface area (TPSA) is 72.7 Å². The molecule has 0 unspecified atom stereocenters. The lowest BCUT2D eigenvalue weighted by molar-refractivity contribution is -0.113. The van der Waals surface area contributed by atoms with Crippen molar-refractivity contribution in [3.05, 3.63) is 60.4 Å². The van der Waals surface area contributed by atoms with Gasteiger partial charge < -0.3 is 5.32 Å². The summed E-state index contributed by atoms with van der Waals surface area (Å²) >= 11 is 1.50. The smallest absolute Gasteiger partial charge is 0.234 e. The predicted molar refractivity (Wildman–Crippen MR) is 89.7 cm³/mol. The molecular formula is C16H15N5OS. The summed E-state index contributed by atoms with van der Waals surface area (Å²) in [6.45, 7) is 1.97. The molecule has 0 saturated carbocycles. The number of nitrogens with one attached hydrogen (secondary N) is 1. The van der Waals surface area contributed by atoms with Crippen LogP contribution in [0.4, 0.5) is 5.69 Å². The number of carbonyl (C=O) groups is 1. The van der Waals surface area contributed by atoms with E-state index in [1.54, 1.807) is 4.68 Å². The highest BCUT2D eigenvalue weighted by molar-refractivity contribution is 8.00. The molecule has 7 heteroatoms. The average Bonchev–Trinajstić information content (AvgIpc) is 3.10. The third-order valence-corrected chi connectivity index (χ3v) is 4.21. The molecule has 0 saturated heterocycles. The van der Waals surface area contributed by atoms with Crippen molar-refractivity contribution in [1.82, 2.24) is 20.2 Å². The van der Waals surface area contributed by atoms with E-state index in [1.807, 2.05) is 55.5 Å². The summed E-state index contributed by atoms with van der Waals surface area (Å²) < 4.78 is 1.57. The van der Waals surface area contributed by atoms with E-state index in [-0.39, 0.29) is 5.91 Å². The summed E-state index contributed by atoms with van der Waals surface area (Å²) in [5.41, 5.74) is 2.58. The van der Waals surface area contributed by atoms with Gasteiger partial charge in [0.2, 0.25) is 5.91 Å². The van der Waals surface area contributed by atoms with Crippen molar-refractivity contribution in [1.29, 1.82) is 0 Å². The number of rotatable bonds is 5. The van der Waals surface area contributed by atoms with Crippen LogP contribution in [0, 0.1) is 6.92 Å². The van der Waals surface area contributed by atoms with Gasteiger partial charge in [0, 0.05) is 10.6 Å². The minimum Gasteiger partial charge on any atom is -0.325 e. The highest BCUT2D eigenvalue weighted by atomic mass is 32.2. The zero-order valence-electron chi connectivity index (χ0n) is 12.5. The Morgan fingerprint density at radius 3 is 2.78 bits per heavy atom. The Morgan fingerprint density at radius 1 is 1.22 bits per heavy atom. The van der Waals surface area contributed by atoms with Crippen LogP contribution in [0.3, 0.4) is 0 Å². The molecule has 0 atom stereocenters. The fourth-order valence-electron chi connectivity index (χ4n) is 2.07. The normalized spacial score (nSPS) is 10.5. The fraction of sp³-hybridized carbons (Fsp3) is 0.125. The van der Waals surface area contributed by atoms with Gasteiger partial charge in [-0.2, -0.15) is 0 Å². The summed E-state index contributed by atoms with van der Waals surface area (Å²) in [7, 11) is 0. The maximum absolute atomic E-state index is 12.1. The molecule has 0 aliphatic heterocycles.